The van der Waals surface area contributed by atoms with Crippen molar-refractivity contribution in [2.75, 3.05) is 5.32 Å². The van der Waals surface area contributed by atoms with E-state index in [-0.39, 0.29) is 22.8 Å². The maximum absolute atomic E-state index is 12.0. The van der Waals surface area contributed by atoms with Gasteiger partial charge in [-0.25, -0.2) is 14.6 Å². The van der Waals surface area contributed by atoms with Gasteiger partial charge in [0.25, 0.3) is 5.91 Å². The summed E-state index contributed by atoms with van der Waals surface area (Å²) in [5, 5.41) is 9.04. The molecule has 1 heterocycles. The lowest BCUT2D eigenvalue weighted by atomic mass is 9.96. The third-order valence-corrected chi connectivity index (χ3v) is 4.58. The molecule has 2 rings (SSSR count). The minimum Gasteiger partial charge on any atom is -0.448 e. The Morgan fingerprint density at radius 1 is 1.23 bits per heavy atom. The first-order valence-electron chi connectivity index (χ1n) is 8.40. The van der Waals surface area contributed by atoms with Gasteiger partial charge in [0.05, 0.1) is 0 Å². The average molecular weight is 382 g/mol. The summed E-state index contributed by atoms with van der Waals surface area (Å²) in [5.41, 5.74) is -0.0231. The molecular weight excluding hydrogens is 360 g/mol. The van der Waals surface area contributed by atoms with Gasteiger partial charge in [0.1, 0.15) is 0 Å². The average Bonchev–Trinajstić information content (AvgIpc) is 3.03. The molecule has 0 aromatic carbocycles. The number of thiazole rings is 1. The minimum absolute atomic E-state index is 0.0231. The largest absolute Gasteiger partial charge is 0.448 e. The lowest BCUT2D eigenvalue weighted by Crippen LogP contribution is -2.48. The maximum atomic E-state index is 12.0. The smallest absolute Gasteiger partial charge is 0.358 e. The fraction of sp³-hybridized carbons (Fsp3) is 0.562. The number of esters is 1. The number of carbonyl (C=O) groups is 4. The molecule has 1 aromatic heterocycles. The third kappa shape index (κ3) is 6.10. The molecule has 9 nitrogen and oxygen atoms in total. The monoisotopic (exact) mass is 382 g/mol. The lowest BCUT2D eigenvalue weighted by Gasteiger charge is -2.23. The van der Waals surface area contributed by atoms with Gasteiger partial charge in [-0.15, -0.1) is 11.3 Å². The number of nitrogens with one attached hydrogen (secondary N) is 3. The Kier molecular flexibility index (Phi) is 7.07. The van der Waals surface area contributed by atoms with Gasteiger partial charge in [-0.3, -0.25) is 14.9 Å². The summed E-state index contributed by atoms with van der Waals surface area (Å²) in [5.74, 6) is -1.84. The van der Waals surface area contributed by atoms with Gasteiger partial charge in [-0.2, -0.15) is 0 Å². The van der Waals surface area contributed by atoms with Crippen LogP contribution in [0.15, 0.2) is 5.38 Å². The van der Waals surface area contributed by atoms with Crippen LogP contribution in [0.4, 0.5) is 9.93 Å². The van der Waals surface area contributed by atoms with Crippen LogP contribution < -0.4 is 16.0 Å². The number of aromatic nitrogens is 1. The molecule has 4 amide bonds. The maximum Gasteiger partial charge on any atom is 0.358 e. The van der Waals surface area contributed by atoms with Crippen LogP contribution in [0.1, 0.15) is 56.4 Å². The summed E-state index contributed by atoms with van der Waals surface area (Å²) in [6.45, 7) is 2.69. The number of hydrogen-bond acceptors (Lipinski definition) is 7. The van der Waals surface area contributed by atoms with Gasteiger partial charge in [-0.1, -0.05) is 19.3 Å². The zero-order valence-electron chi connectivity index (χ0n) is 14.7. The van der Waals surface area contributed by atoms with Crippen molar-refractivity contribution in [1.29, 1.82) is 0 Å². The van der Waals surface area contributed by atoms with E-state index in [1.807, 2.05) is 0 Å². The molecule has 0 spiro atoms. The Bertz CT molecular complexity index is 684. The molecular formula is C16H22N4O5S. The number of carbonyl (C=O) groups excluding carboxylic acids is 4. The molecule has 0 bridgehead atoms. The second-order valence-electron chi connectivity index (χ2n) is 6.06. The first-order chi connectivity index (χ1) is 12.3. The zero-order valence-corrected chi connectivity index (χ0v) is 15.5. The first-order valence-corrected chi connectivity index (χ1v) is 9.28. The van der Waals surface area contributed by atoms with Gasteiger partial charge < -0.3 is 15.4 Å². The van der Waals surface area contributed by atoms with Crippen molar-refractivity contribution in [2.45, 2.75) is 58.1 Å². The number of amides is 4. The highest BCUT2D eigenvalue weighted by atomic mass is 32.1. The number of ether oxygens (including phenoxy) is 1. The highest BCUT2D eigenvalue weighted by molar-refractivity contribution is 7.14. The van der Waals surface area contributed by atoms with Crippen molar-refractivity contribution in [3.05, 3.63) is 11.1 Å². The van der Waals surface area contributed by atoms with E-state index in [2.05, 4.69) is 20.9 Å². The van der Waals surface area contributed by atoms with E-state index in [4.69, 9.17) is 4.74 Å². The Hall–Kier alpha value is -2.49. The quantitative estimate of drug-likeness (QED) is 0.667. The molecule has 0 aliphatic heterocycles. The predicted octanol–water partition coefficient (Wildman–Crippen LogP) is 1.81. The summed E-state index contributed by atoms with van der Waals surface area (Å²) >= 11 is 1.06. The standard InChI is InChI=1S/C16H22N4O5S/c1-9(13(22)20-15(24)18-11-6-4-3-5-7-11)25-14(23)12-8-26-16(19-12)17-10(2)21/h8-9,11H,3-7H2,1-2H3,(H,17,19,21)(H2,18,20,22,24). The van der Waals surface area contributed by atoms with E-state index in [1.165, 1.54) is 19.2 Å². The second kappa shape index (κ2) is 9.27. The molecule has 10 heteroatoms. The van der Waals surface area contributed by atoms with Crippen LogP contribution in [0.25, 0.3) is 0 Å². The molecule has 1 fully saturated rings. The van der Waals surface area contributed by atoms with Crippen LogP contribution >= 0.6 is 11.3 Å². The number of urea groups is 1. The van der Waals surface area contributed by atoms with Crippen LogP contribution in [-0.2, 0) is 14.3 Å². The molecule has 3 N–H and O–H groups in total. The summed E-state index contributed by atoms with van der Waals surface area (Å²) in [7, 11) is 0. The van der Waals surface area contributed by atoms with Crippen molar-refractivity contribution in [3.63, 3.8) is 0 Å². The van der Waals surface area contributed by atoms with Crippen molar-refractivity contribution < 1.29 is 23.9 Å². The highest BCUT2D eigenvalue weighted by Gasteiger charge is 2.23. The van der Waals surface area contributed by atoms with Gasteiger partial charge >= 0.3 is 12.0 Å². The summed E-state index contributed by atoms with van der Waals surface area (Å²) < 4.78 is 5.01. The van der Waals surface area contributed by atoms with Gasteiger partial charge in [0.15, 0.2) is 16.9 Å². The number of imide groups is 1. The predicted molar refractivity (Wildman–Crippen MR) is 94.8 cm³/mol. The fourth-order valence-electron chi connectivity index (χ4n) is 2.53. The normalized spacial score (nSPS) is 15.6. The molecule has 26 heavy (non-hydrogen) atoms. The summed E-state index contributed by atoms with van der Waals surface area (Å²) in [6.07, 6.45) is 3.90. The molecule has 1 aliphatic carbocycles. The molecule has 0 saturated heterocycles. The third-order valence-electron chi connectivity index (χ3n) is 3.83. The summed E-state index contributed by atoms with van der Waals surface area (Å²) in [6, 6.07) is -0.525. The van der Waals surface area contributed by atoms with Gasteiger partial charge in [0, 0.05) is 18.3 Å². The molecule has 142 valence electrons. The van der Waals surface area contributed by atoms with Crippen LogP contribution in [0.5, 0.6) is 0 Å². The van der Waals surface area contributed by atoms with E-state index in [9.17, 15) is 19.2 Å². The Labute approximate surface area is 154 Å². The minimum atomic E-state index is -1.16. The topological polar surface area (TPSA) is 126 Å². The molecule has 1 aromatic rings. The molecule has 1 atom stereocenters. The van der Waals surface area contributed by atoms with Crippen molar-refractivity contribution in [3.8, 4) is 0 Å². The Morgan fingerprint density at radius 3 is 2.58 bits per heavy atom. The van der Waals surface area contributed by atoms with Crippen LogP contribution in [0, 0.1) is 0 Å². The first kappa shape index (κ1) is 19.8. The number of rotatable bonds is 5. The van der Waals surface area contributed by atoms with Gasteiger partial charge in [-0.05, 0) is 19.8 Å². The Balaban J connectivity index is 1.79. The zero-order chi connectivity index (χ0) is 19.1. The van der Waals surface area contributed by atoms with Gasteiger partial charge in [0.2, 0.25) is 5.91 Å². The van der Waals surface area contributed by atoms with Crippen molar-refractivity contribution in [1.82, 2.24) is 15.6 Å². The van der Waals surface area contributed by atoms with E-state index in [0.29, 0.717) is 0 Å². The van der Waals surface area contributed by atoms with E-state index in [0.717, 1.165) is 43.4 Å². The van der Waals surface area contributed by atoms with Crippen molar-refractivity contribution >= 4 is 40.3 Å². The Morgan fingerprint density at radius 2 is 1.92 bits per heavy atom. The highest BCUT2D eigenvalue weighted by Crippen LogP contribution is 2.17. The van der Waals surface area contributed by atoms with E-state index < -0.39 is 24.0 Å². The van der Waals surface area contributed by atoms with Crippen LogP contribution in [0.2, 0.25) is 0 Å². The molecule has 0 radical (unpaired) electrons. The van der Waals surface area contributed by atoms with E-state index >= 15 is 0 Å². The van der Waals surface area contributed by atoms with Crippen LogP contribution in [-0.4, -0.2) is 40.9 Å². The number of anilines is 1. The van der Waals surface area contributed by atoms with Crippen LogP contribution in [0.3, 0.4) is 0 Å². The fourth-order valence-corrected chi connectivity index (χ4v) is 3.26. The summed E-state index contributed by atoms with van der Waals surface area (Å²) in [4.78, 5) is 50.7. The van der Waals surface area contributed by atoms with Crippen molar-refractivity contribution in [2.24, 2.45) is 0 Å². The second-order valence-corrected chi connectivity index (χ2v) is 6.92. The SMILES string of the molecule is CC(=O)Nc1nc(C(=O)OC(C)C(=O)NC(=O)NC2CCCCC2)cs1. The molecule has 1 aliphatic rings. The number of hydrogen-bond donors (Lipinski definition) is 3. The molecule has 1 unspecified atom stereocenters. The van der Waals surface area contributed by atoms with E-state index in [1.54, 1.807) is 0 Å². The number of nitrogens with zero attached hydrogens (tertiary/aromatic N) is 1. The molecule has 1 saturated carbocycles. The lowest BCUT2D eigenvalue weighted by molar-refractivity contribution is -0.128.